The first-order valence-corrected chi connectivity index (χ1v) is 3.94. The standard InChI is InChI=1S/C9H18O/c1-8(2)5-4-6-9(3)7-10/h4,6,8-10H,5,7H2,1-3H3/b6-4+. The summed E-state index contributed by atoms with van der Waals surface area (Å²) in [7, 11) is 0. The first kappa shape index (κ1) is 9.70. The molecule has 1 nitrogen and oxygen atoms in total. The van der Waals surface area contributed by atoms with E-state index in [4.69, 9.17) is 5.11 Å². The lowest BCUT2D eigenvalue weighted by Gasteiger charge is -2.00. The van der Waals surface area contributed by atoms with Gasteiger partial charge < -0.3 is 5.11 Å². The van der Waals surface area contributed by atoms with Crippen molar-refractivity contribution in [2.75, 3.05) is 6.61 Å². The third kappa shape index (κ3) is 5.83. The first-order valence-electron chi connectivity index (χ1n) is 3.94. The maximum absolute atomic E-state index is 8.65. The number of hydrogen-bond donors (Lipinski definition) is 1. The molecule has 0 saturated carbocycles. The molecule has 0 aliphatic carbocycles. The molecule has 0 bridgehead atoms. The molecule has 0 amide bonds. The largest absolute Gasteiger partial charge is 0.396 e. The fourth-order valence-electron chi connectivity index (χ4n) is 0.644. The van der Waals surface area contributed by atoms with Crippen LogP contribution < -0.4 is 0 Å². The zero-order valence-electron chi connectivity index (χ0n) is 7.17. The van der Waals surface area contributed by atoms with Crippen LogP contribution in [0, 0.1) is 11.8 Å². The van der Waals surface area contributed by atoms with Gasteiger partial charge in [0, 0.05) is 6.61 Å². The van der Waals surface area contributed by atoms with Crippen LogP contribution in [0.25, 0.3) is 0 Å². The molecule has 0 aromatic carbocycles. The number of allylic oxidation sites excluding steroid dienone is 1. The molecule has 0 fully saturated rings. The van der Waals surface area contributed by atoms with E-state index in [0.29, 0.717) is 5.92 Å². The zero-order chi connectivity index (χ0) is 7.98. The molecule has 10 heavy (non-hydrogen) atoms. The highest BCUT2D eigenvalue weighted by Gasteiger charge is 1.92. The smallest absolute Gasteiger partial charge is 0.0491 e. The number of aliphatic hydroxyl groups excluding tert-OH is 1. The van der Waals surface area contributed by atoms with Crippen molar-refractivity contribution in [1.82, 2.24) is 0 Å². The fraction of sp³-hybridized carbons (Fsp3) is 0.778. The van der Waals surface area contributed by atoms with E-state index in [-0.39, 0.29) is 6.61 Å². The number of hydrogen-bond acceptors (Lipinski definition) is 1. The van der Waals surface area contributed by atoms with Gasteiger partial charge in [-0.2, -0.15) is 0 Å². The molecule has 0 radical (unpaired) electrons. The summed E-state index contributed by atoms with van der Waals surface area (Å²) >= 11 is 0. The lowest BCUT2D eigenvalue weighted by atomic mass is 10.1. The van der Waals surface area contributed by atoms with E-state index in [0.717, 1.165) is 12.3 Å². The van der Waals surface area contributed by atoms with Gasteiger partial charge >= 0.3 is 0 Å². The van der Waals surface area contributed by atoms with Crippen molar-refractivity contribution in [3.8, 4) is 0 Å². The SMILES string of the molecule is CC(C)C/C=C/C(C)CO. The Labute approximate surface area is 63.8 Å². The second-order valence-corrected chi connectivity index (χ2v) is 3.22. The fourth-order valence-corrected chi connectivity index (χ4v) is 0.644. The summed E-state index contributed by atoms with van der Waals surface area (Å²) < 4.78 is 0. The minimum absolute atomic E-state index is 0.259. The molecule has 1 N–H and O–H groups in total. The van der Waals surface area contributed by atoms with Crippen LogP contribution in [0.4, 0.5) is 0 Å². The maximum Gasteiger partial charge on any atom is 0.0491 e. The summed E-state index contributed by atoms with van der Waals surface area (Å²) in [6.45, 7) is 6.65. The maximum atomic E-state index is 8.65. The van der Waals surface area contributed by atoms with Gasteiger partial charge in [0.1, 0.15) is 0 Å². The normalized spacial score (nSPS) is 14.9. The first-order chi connectivity index (χ1) is 4.66. The molecule has 0 aromatic rings. The summed E-state index contributed by atoms with van der Waals surface area (Å²) in [5.41, 5.74) is 0. The second-order valence-electron chi connectivity index (χ2n) is 3.22. The Bertz CT molecular complexity index is 94.9. The van der Waals surface area contributed by atoms with Gasteiger partial charge in [0.15, 0.2) is 0 Å². The molecule has 0 spiro atoms. The van der Waals surface area contributed by atoms with Crippen molar-refractivity contribution in [2.24, 2.45) is 11.8 Å². The molecule has 0 aliphatic rings. The summed E-state index contributed by atoms with van der Waals surface area (Å²) in [4.78, 5) is 0. The van der Waals surface area contributed by atoms with Gasteiger partial charge in [-0.05, 0) is 18.3 Å². The quantitative estimate of drug-likeness (QED) is 0.597. The molecule has 1 atom stereocenters. The monoisotopic (exact) mass is 142 g/mol. The van der Waals surface area contributed by atoms with Crippen LogP contribution in [-0.2, 0) is 0 Å². The number of aliphatic hydroxyl groups is 1. The Morgan fingerprint density at radius 2 is 1.90 bits per heavy atom. The highest BCUT2D eigenvalue weighted by molar-refractivity contribution is 4.86. The summed E-state index contributed by atoms with van der Waals surface area (Å²) in [5.74, 6) is 1.04. The van der Waals surface area contributed by atoms with Gasteiger partial charge in [0.05, 0.1) is 0 Å². The Morgan fingerprint density at radius 1 is 1.30 bits per heavy atom. The van der Waals surface area contributed by atoms with Crippen LogP contribution in [0.3, 0.4) is 0 Å². The van der Waals surface area contributed by atoms with Crippen molar-refractivity contribution in [1.29, 1.82) is 0 Å². The topological polar surface area (TPSA) is 20.2 Å². The lowest BCUT2D eigenvalue weighted by Crippen LogP contribution is -1.95. The van der Waals surface area contributed by atoms with Gasteiger partial charge in [-0.15, -0.1) is 0 Å². The minimum atomic E-state index is 0.259. The van der Waals surface area contributed by atoms with E-state index in [1.807, 2.05) is 6.92 Å². The van der Waals surface area contributed by atoms with Crippen molar-refractivity contribution in [3.05, 3.63) is 12.2 Å². The molecule has 0 heterocycles. The van der Waals surface area contributed by atoms with E-state index in [1.54, 1.807) is 0 Å². The zero-order valence-corrected chi connectivity index (χ0v) is 7.17. The van der Waals surface area contributed by atoms with E-state index in [9.17, 15) is 0 Å². The van der Waals surface area contributed by atoms with E-state index in [1.165, 1.54) is 0 Å². The van der Waals surface area contributed by atoms with Crippen LogP contribution in [-0.4, -0.2) is 11.7 Å². The van der Waals surface area contributed by atoms with Gasteiger partial charge in [0.2, 0.25) is 0 Å². The number of rotatable bonds is 4. The second kappa shape index (κ2) is 5.48. The van der Waals surface area contributed by atoms with Crippen LogP contribution in [0.5, 0.6) is 0 Å². The molecule has 0 aromatic heterocycles. The Kier molecular flexibility index (Phi) is 5.32. The van der Waals surface area contributed by atoms with Crippen LogP contribution in [0.15, 0.2) is 12.2 Å². The Morgan fingerprint density at radius 3 is 2.30 bits per heavy atom. The average Bonchev–Trinajstić information content (AvgIpc) is 1.87. The van der Waals surface area contributed by atoms with E-state index >= 15 is 0 Å². The van der Waals surface area contributed by atoms with Crippen LogP contribution >= 0.6 is 0 Å². The Hall–Kier alpha value is -0.300. The third-order valence-corrected chi connectivity index (χ3v) is 1.36. The molecule has 0 aliphatic heterocycles. The molecule has 0 saturated heterocycles. The minimum Gasteiger partial charge on any atom is -0.396 e. The van der Waals surface area contributed by atoms with Gasteiger partial charge in [-0.3, -0.25) is 0 Å². The summed E-state index contributed by atoms with van der Waals surface area (Å²) in [6, 6.07) is 0. The highest BCUT2D eigenvalue weighted by atomic mass is 16.3. The molecule has 1 unspecified atom stereocenters. The summed E-state index contributed by atoms with van der Waals surface area (Å²) in [5, 5.41) is 8.65. The van der Waals surface area contributed by atoms with Crippen molar-refractivity contribution < 1.29 is 5.11 Å². The van der Waals surface area contributed by atoms with Crippen molar-refractivity contribution in [3.63, 3.8) is 0 Å². The van der Waals surface area contributed by atoms with Gasteiger partial charge in [-0.1, -0.05) is 32.9 Å². The lowest BCUT2D eigenvalue weighted by molar-refractivity contribution is 0.261. The molecule has 60 valence electrons. The van der Waals surface area contributed by atoms with Gasteiger partial charge in [0.25, 0.3) is 0 Å². The predicted molar refractivity (Wildman–Crippen MR) is 44.8 cm³/mol. The van der Waals surface area contributed by atoms with Crippen molar-refractivity contribution in [2.45, 2.75) is 27.2 Å². The summed E-state index contributed by atoms with van der Waals surface area (Å²) in [6.07, 6.45) is 5.33. The molecule has 0 rings (SSSR count). The molecular formula is C9H18O. The predicted octanol–water partition coefficient (Wildman–Crippen LogP) is 2.22. The van der Waals surface area contributed by atoms with E-state index < -0.39 is 0 Å². The van der Waals surface area contributed by atoms with Crippen molar-refractivity contribution >= 4 is 0 Å². The highest BCUT2D eigenvalue weighted by Crippen LogP contribution is 2.02. The average molecular weight is 142 g/mol. The Balaban J connectivity index is 3.36. The molecular weight excluding hydrogens is 124 g/mol. The van der Waals surface area contributed by atoms with Crippen LogP contribution in [0.1, 0.15) is 27.2 Å². The van der Waals surface area contributed by atoms with E-state index in [2.05, 4.69) is 26.0 Å². The molecule has 1 heteroatoms. The van der Waals surface area contributed by atoms with Crippen LogP contribution in [0.2, 0.25) is 0 Å². The third-order valence-electron chi connectivity index (χ3n) is 1.36. The van der Waals surface area contributed by atoms with Gasteiger partial charge in [-0.25, -0.2) is 0 Å².